The van der Waals surface area contributed by atoms with Crippen molar-refractivity contribution in [3.05, 3.63) is 93.5 Å². The van der Waals surface area contributed by atoms with Crippen molar-refractivity contribution in [2.45, 2.75) is 52.1 Å². The molecule has 0 aliphatic heterocycles. The van der Waals surface area contributed by atoms with Crippen molar-refractivity contribution in [3.8, 4) is 0 Å². The quantitative estimate of drug-likeness (QED) is 0.291. The number of anilines is 1. The summed E-state index contributed by atoms with van der Waals surface area (Å²) in [4.78, 5) is 28.5. The largest absolute Gasteiger partial charge is 0.354 e. The number of rotatable bonds is 11. The molecule has 0 bridgehead atoms. The molecule has 0 aliphatic rings. The van der Waals surface area contributed by atoms with Crippen molar-refractivity contribution in [2.75, 3.05) is 17.4 Å². The van der Waals surface area contributed by atoms with Gasteiger partial charge >= 0.3 is 0 Å². The van der Waals surface area contributed by atoms with Gasteiger partial charge < -0.3 is 10.2 Å². The molecule has 0 aliphatic carbocycles. The molecule has 0 aromatic heterocycles. The number of hydrogen-bond donors (Lipinski definition) is 1. The summed E-state index contributed by atoms with van der Waals surface area (Å²) in [5.74, 6) is -0.673. The third kappa shape index (κ3) is 7.77. The standard InChI is InChI=1S/C30H35Cl2N3O4S/c1-20(2)17-33-30(37)23(5)34(18-24-12-14-27(31)28(32)16-24)29(36)19-35(25-13-11-21(3)22(4)15-25)40(38,39)26-9-7-6-8-10-26/h6-16,20,23H,17-19H2,1-5H3,(H,33,37). The van der Waals surface area contributed by atoms with Gasteiger partial charge in [-0.05, 0) is 79.8 Å². The summed E-state index contributed by atoms with van der Waals surface area (Å²) < 4.78 is 28.8. The maximum Gasteiger partial charge on any atom is 0.264 e. The number of carbonyl (C=O) groups is 2. The number of benzene rings is 3. The fourth-order valence-electron chi connectivity index (χ4n) is 4.00. The predicted molar refractivity (Wildman–Crippen MR) is 161 cm³/mol. The van der Waals surface area contributed by atoms with E-state index in [1.165, 1.54) is 17.0 Å². The summed E-state index contributed by atoms with van der Waals surface area (Å²) >= 11 is 12.3. The lowest BCUT2D eigenvalue weighted by Crippen LogP contribution is -2.51. The monoisotopic (exact) mass is 603 g/mol. The van der Waals surface area contributed by atoms with Gasteiger partial charge in [0.1, 0.15) is 12.6 Å². The Morgan fingerprint density at radius 1 is 0.875 bits per heavy atom. The lowest BCUT2D eigenvalue weighted by atomic mass is 10.1. The molecule has 1 N–H and O–H groups in total. The van der Waals surface area contributed by atoms with Crippen molar-refractivity contribution in [3.63, 3.8) is 0 Å². The summed E-state index contributed by atoms with van der Waals surface area (Å²) in [6.45, 7) is 9.33. The van der Waals surface area contributed by atoms with E-state index in [4.69, 9.17) is 23.2 Å². The number of nitrogens with zero attached hydrogens (tertiary/aromatic N) is 2. The highest BCUT2D eigenvalue weighted by Crippen LogP contribution is 2.27. The van der Waals surface area contributed by atoms with Crippen molar-refractivity contribution in [1.82, 2.24) is 10.2 Å². The first kappa shape index (κ1) is 31.5. The maximum absolute atomic E-state index is 14.0. The molecule has 3 aromatic carbocycles. The lowest BCUT2D eigenvalue weighted by Gasteiger charge is -2.32. The van der Waals surface area contributed by atoms with E-state index in [-0.39, 0.29) is 23.3 Å². The third-order valence-corrected chi connectivity index (χ3v) is 9.10. The molecular weight excluding hydrogens is 569 g/mol. The molecule has 1 unspecified atom stereocenters. The molecule has 0 fully saturated rings. The van der Waals surface area contributed by atoms with Gasteiger partial charge in [0.15, 0.2) is 0 Å². The minimum Gasteiger partial charge on any atom is -0.354 e. The van der Waals surface area contributed by atoms with Gasteiger partial charge in [0.05, 0.1) is 20.6 Å². The van der Waals surface area contributed by atoms with Gasteiger partial charge in [0, 0.05) is 13.1 Å². The Kier molecular flexibility index (Phi) is 10.6. The molecule has 0 spiro atoms. The van der Waals surface area contributed by atoms with Crippen LogP contribution in [0.4, 0.5) is 5.69 Å². The smallest absolute Gasteiger partial charge is 0.264 e. The Labute approximate surface area is 247 Å². The topological polar surface area (TPSA) is 86.8 Å². The van der Waals surface area contributed by atoms with Crippen LogP contribution in [0.15, 0.2) is 71.6 Å². The molecule has 1 atom stereocenters. The molecule has 214 valence electrons. The lowest BCUT2D eigenvalue weighted by molar-refractivity contribution is -0.139. The highest BCUT2D eigenvalue weighted by molar-refractivity contribution is 7.92. The molecule has 0 saturated carbocycles. The van der Waals surface area contributed by atoms with E-state index in [1.54, 1.807) is 55.5 Å². The number of halogens is 2. The van der Waals surface area contributed by atoms with Crippen molar-refractivity contribution in [1.29, 1.82) is 0 Å². The molecular formula is C30H35Cl2N3O4S. The molecule has 40 heavy (non-hydrogen) atoms. The van der Waals surface area contributed by atoms with Crippen LogP contribution in [0.2, 0.25) is 10.0 Å². The van der Waals surface area contributed by atoms with E-state index < -0.39 is 28.5 Å². The third-order valence-electron chi connectivity index (χ3n) is 6.58. The van der Waals surface area contributed by atoms with E-state index in [2.05, 4.69) is 5.32 Å². The summed E-state index contributed by atoms with van der Waals surface area (Å²) in [5.41, 5.74) is 2.87. The first-order chi connectivity index (χ1) is 18.8. The molecule has 10 heteroatoms. The molecule has 7 nitrogen and oxygen atoms in total. The zero-order valence-corrected chi connectivity index (χ0v) is 25.6. The van der Waals surface area contributed by atoms with Crippen LogP contribution in [0.1, 0.15) is 37.5 Å². The highest BCUT2D eigenvalue weighted by atomic mass is 35.5. The first-order valence-electron chi connectivity index (χ1n) is 13.0. The Bertz CT molecular complexity index is 1460. The number of carbonyl (C=O) groups excluding carboxylic acids is 2. The molecule has 3 aromatic rings. The Balaban J connectivity index is 2.04. The van der Waals surface area contributed by atoms with Crippen LogP contribution >= 0.6 is 23.2 Å². The molecule has 0 saturated heterocycles. The van der Waals surface area contributed by atoms with E-state index in [1.807, 2.05) is 33.8 Å². The number of amides is 2. The molecule has 3 rings (SSSR count). The van der Waals surface area contributed by atoms with Crippen LogP contribution in [-0.2, 0) is 26.2 Å². The number of nitrogens with one attached hydrogen (secondary N) is 1. The number of hydrogen-bond acceptors (Lipinski definition) is 4. The van der Waals surface area contributed by atoms with Gasteiger partial charge in [-0.2, -0.15) is 0 Å². The zero-order valence-electron chi connectivity index (χ0n) is 23.3. The Hall–Kier alpha value is -3.07. The SMILES string of the molecule is Cc1ccc(N(CC(=O)N(Cc2ccc(Cl)c(Cl)c2)C(C)C(=O)NCC(C)C)S(=O)(=O)c2ccccc2)cc1C. The maximum atomic E-state index is 14.0. The van der Waals surface area contributed by atoms with E-state index in [9.17, 15) is 18.0 Å². The first-order valence-corrected chi connectivity index (χ1v) is 15.2. The zero-order chi connectivity index (χ0) is 29.6. The molecule has 0 heterocycles. The van der Waals surface area contributed by atoms with Gasteiger partial charge in [-0.25, -0.2) is 8.42 Å². The van der Waals surface area contributed by atoms with E-state index in [0.29, 0.717) is 27.8 Å². The van der Waals surface area contributed by atoms with Crippen LogP contribution in [0.5, 0.6) is 0 Å². The van der Waals surface area contributed by atoms with Crippen LogP contribution in [-0.4, -0.2) is 44.3 Å². The van der Waals surface area contributed by atoms with Gasteiger partial charge in [-0.15, -0.1) is 0 Å². The Morgan fingerprint density at radius 3 is 2.15 bits per heavy atom. The highest BCUT2D eigenvalue weighted by Gasteiger charge is 2.32. The van der Waals surface area contributed by atoms with E-state index in [0.717, 1.165) is 15.4 Å². The van der Waals surface area contributed by atoms with Gasteiger partial charge in [-0.1, -0.05) is 67.4 Å². The molecule has 0 radical (unpaired) electrons. The van der Waals surface area contributed by atoms with Crippen LogP contribution < -0.4 is 9.62 Å². The van der Waals surface area contributed by atoms with Gasteiger partial charge in [0.25, 0.3) is 10.0 Å². The predicted octanol–water partition coefficient (Wildman–Crippen LogP) is 6.00. The van der Waals surface area contributed by atoms with Crippen LogP contribution in [0.3, 0.4) is 0 Å². The average molecular weight is 605 g/mol. The Morgan fingerprint density at radius 2 is 1.55 bits per heavy atom. The van der Waals surface area contributed by atoms with E-state index >= 15 is 0 Å². The van der Waals surface area contributed by atoms with Crippen molar-refractivity contribution in [2.24, 2.45) is 5.92 Å². The van der Waals surface area contributed by atoms with Crippen LogP contribution in [0.25, 0.3) is 0 Å². The van der Waals surface area contributed by atoms with Gasteiger partial charge in [-0.3, -0.25) is 13.9 Å². The summed E-state index contributed by atoms with van der Waals surface area (Å²) in [6.07, 6.45) is 0. The average Bonchev–Trinajstić information content (AvgIpc) is 2.92. The number of sulfonamides is 1. The second-order valence-electron chi connectivity index (χ2n) is 10.2. The van der Waals surface area contributed by atoms with Crippen LogP contribution in [0, 0.1) is 19.8 Å². The fourth-order valence-corrected chi connectivity index (χ4v) is 5.75. The second-order valence-corrected chi connectivity index (χ2v) is 12.9. The van der Waals surface area contributed by atoms with Crippen molar-refractivity contribution >= 4 is 50.7 Å². The summed E-state index contributed by atoms with van der Waals surface area (Å²) in [5, 5.41) is 3.54. The van der Waals surface area contributed by atoms with Gasteiger partial charge in [0.2, 0.25) is 11.8 Å². The normalized spacial score (nSPS) is 12.2. The minimum absolute atomic E-state index is 0.0259. The fraction of sp³-hybridized carbons (Fsp3) is 0.333. The van der Waals surface area contributed by atoms with Crippen molar-refractivity contribution < 1.29 is 18.0 Å². The summed E-state index contributed by atoms with van der Waals surface area (Å²) in [7, 11) is -4.12. The second kappa shape index (κ2) is 13.5. The minimum atomic E-state index is -4.12. The summed E-state index contributed by atoms with van der Waals surface area (Å²) in [6, 6.07) is 17.3. The number of aryl methyl sites for hydroxylation is 2. The molecule has 2 amide bonds.